The van der Waals surface area contributed by atoms with E-state index in [2.05, 4.69) is 22.5 Å². The Balaban J connectivity index is 2.59. The van der Waals surface area contributed by atoms with Gasteiger partial charge in [0.15, 0.2) is 0 Å². The molecule has 0 fully saturated rings. The van der Waals surface area contributed by atoms with Gasteiger partial charge in [-0.25, -0.2) is 4.76 Å². The predicted molar refractivity (Wildman–Crippen MR) is 45.7 cm³/mol. The molecule has 2 aliphatic heterocycles. The van der Waals surface area contributed by atoms with Crippen LogP contribution in [0.5, 0.6) is 0 Å². The zero-order chi connectivity index (χ0) is 6.81. The molecule has 10 heavy (non-hydrogen) atoms. The van der Waals surface area contributed by atoms with Gasteiger partial charge in [0.1, 0.15) is 0 Å². The fraction of sp³-hybridized carbons (Fsp3) is 0. The van der Waals surface area contributed by atoms with Crippen LogP contribution in [0.4, 0.5) is 0 Å². The summed E-state index contributed by atoms with van der Waals surface area (Å²) in [4.78, 5) is 0. The Kier molecular flexibility index (Phi) is 1.32. The van der Waals surface area contributed by atoms with Crippen LogP contribution in [0.25, 0.3) is 0 Å². The van der Waals surface area contributed by atoms with Gasteiger partial charge in [0.05, 0.1) is 0 Å². The highest BCUT2D eigenvalue weighted by Gasteiger charge is 1.99. The largest absolute Gasteiger partial charge is 0.233 e. The second-order valence-corrected chi connectivity index (χ2v) is 3.64. The molecule has 0 aliphatic carbocycles. The summed E-state index contributed by atoms with van der Waals surface area (Å²) in [5, 5.41) is 1.29. The molecule has 48 valence electrons. The first kappa shape index (κ1) is 5.73. The number of nitrogens with zero attached hydrogens (tertiary/aromatic N) is 1. The van der Waals surface area contributed by atoms with Crippen molar-refractivity contribution in [3.63, 3.8) is 0 Å². The fourth-order valence-corrected chi connectivity index (χ4v) is 2.12. The van der Waals surface area contributed by atoms with E-state index in [4.69, 9.17) is 0 Å². The zero-order valence-corrected chi connectivity index (χ0v) is 6.25. The van der Waals surface area contributed by atoms with Gasteiger partial charge in [-0.2, -0.15) is 0 Å². The molecule has 2 heteroatoms. The maximum Gasteiger partial charge on any atom is 0.0476 e. The molecule has 0 N–H and O–H groups in total. The third-order valence-electron chi connectivity index (χ3n) is 1.34. The second kappa shape index (κ2) is 2.30. The molecule has 0 radical (unpaired) electrons. The molecular formula is C8H6NP. The molecular weight excluding hydrogens is 141 g/mol. The Hall–Kier alpha value is -1.03. The van der Waals surface area contributed by atoms with Crippen LogP contribution in [-0.2, 0) is 0 Å². The topological polar surface area (TPSA) is 12.4 Å². The molecule has 0 bridgehead atoms. The van der Waals surface area contributed by atoms with Crippen LogP contribution in [0.15, 0.2) is 40.5 Å². The third kappa shape index (κ3) is 0.863. The summed E-state index contributed by atoms with van der Waals surface area (Å²) in [7, 11) is -0.439. The zero-order valence-electron chi connectivity index (χ0n) is 5.36. The van der Waals surface area contributed by atoms with Crippen molar-refractivity contribution in [2.45, 2.75) is 0 Å². The quantitative estimate of drug-likeness (QED) is 0.466. The predicted octanol–water partition coefficient (Wildman–Crippen LogP) is 2.44. The second-order valence-electron chi connectivity index (χ2n) is 2.02. The van der Waals surface area contributed by atoms with Crippen molar-refractivity contribution in [2.24, 2.45) is 4.76 Å². The van der Waals surface area contributed by atoms with E-state index in [-0.39, 0.29) is 0 Å². The molecule has 2 heterocycles. The molecule has 0 aromatic heterocycles. The molecule has 0 spiro atoms. The SMILES string of the molecule is C1#P2N=CC=CC2=CC=C1. The molecule has 0 aromatic carbocycles. The Morgan fingerprint density at radius 3 is 3.30 bits per heavy atom. The standard InChI is InChI=1S/C8H6NP/c1-2-7-10-8(4-1)5-3-6-9-10/h1-6H. The van der Waals surface area contributed by atoms with Crippen LogP contribution in [-0.4, -0.2) is 6.21 Å². The number of hydrogen-bond acceptors (Lipinski definition) is 1. The minimum absolute atomic E-state index is 0.439. The van der Waals surface area contributed by atoms with E-state index in [1.54, 1.807) is 0 Å². The van der Waals surface area contributed by atoms with Gasteiger partial charge in [0, 0.05) is 19.1 Å². The monoisotopic (exact) mass is 147 g/mol. The van der Waals surface area contributed by atoms with Crippen molar-refractivity contribution < 1.29 is 0 Å². The summed E-state index contributed by atoms with van der Waals surface area (Å²) in [5.74, 6) is 0. The summed E-state index contributed by atoms with van der Waals surface area (Å²) in [6.45, 7) is 0. The van der Waals surface area contributed by atoms with Crippen molar-refractivity contribution in [2.75, 3.05) is 0 Å². The van der Waals surface area contributed by atoms with Crippen molar-refractivity contribution in [3.8, 4) is 5.63 Å². The van der Waals surface area contributed by atoms with Crippen LogP contribution >= 0.6 is 7.53 Å². The van der Waals surface area contributed by atoms with Gasteiger partial charge in [-0.3, -0.25) is 0 Å². The van der Waals surface area contributed by atoms with E-state index < -0.39 is 7.53 Å². The first-order valence-corrected chi connectivity index (χ1v) is 4.40. The average molecular weight is 147 g/mol. The van der Waals surface area contributed by atoms with E-state index in [1.807, 2.05) is 24.4 Å². The first-order chi connectivity index (χ1) is 4.97. The highest BCUT2D eigenvalue weighted by molar-refractivity contribution is 7.51. The van der Waals surface area contributed by atoms with Gasteiger partial charge < -0.3 is 0 Å². The molecule has 1 nitrogen and oxygen atoms in total. The first-order valence-electron chi connectivity index (χ1n) is 3.10. The maximum absolute atomic E-state index is 4.27. The molecule has 2 aliphatic rings. The Morgan fingerprint density at radius 2 is 2.40 bits per heavy atom. The van der Waals surface area contributed by atoms with Crippen molar-refractivity contribution in [1.29, 1.82) is 0 Å². The summed E-state index contributed by atoms with van der Waals surface area (Å²) >= 11 is 0. The van der Waals surface area contributed by atoms with Gasteiger partial charge in [-0.15, -0.1) is 0 Å². The number of allylic oxidation sites excluding steroid dienone is 6. The van der Waals surface area contributed by atoms with Gasteiger partial charge in [0.25, 0.3) is 0 Å². The summed E-state index contributed by atoms with van der Waals surface area (Å²) < 4.78 is 4.27. The normalized spacial score (nSPS) is 22.8. The van der Waals surface area contributed by atoms with E-state index in [1.165, 1.54) is 5.31 Å². The number of rotatable bonds is 0. The maximum atomic E-state index is 4.27. The van der Waals surface area contributed by atoms with E-state index in [0.29, 0.717) is 0 Å². The fourth-order valence-electron chi connectivity index (χ4n) is 0.878. The van der Waals surface area contributed by atoms with Crippen LogP contribution in [0.1, 0.15) is 0 Å². The molecule has 1 unspecified atom stereocenters. The van der Waals surface area contributed by atoms with E-state index in [9.17, 15) is 0 Å². The number of fused-ring (bicyclic) bond motifs is 1. The lowest BCUT2D eigenvalue weighted by atomic mass is 10.4. The smallest absolute Gasteiger partial charge is 0.0476 e. The number of hydrogen-bond donors (Lipinski definition) is 0. The van der Waals surface area contributed by atoms with Gasteiger partial charge >= 0.3 is 0 Å². The lowest BCUT2D eigenvalue weighted by molar-refractivity contribution is 1.76. The van der Waals surface area contributed by atoms with Crippen molar-refractivity contribution in [1.82, 2.24) is 0 Å². The molecule has 0 aromatic rings. The van der Waals surface area contributed by atoms with Crippen molar-refractivity contribution in [3.05, 3.63) is 35.7 Å². The van der Waals surface area contributed by atoms with Gasteiger partial charge in [-0.05, 0) is 24.3 Å². The Labute approximate surface area is 60.6 Å². The van der Waals surface area contributed by atoms with Crippen LogP contribution in [0.3, 0.4) is 0 Å². The molecule has 1 atom stereocenters. The van der Waals surface area contributed by atoms with E-state index in [0.717, 1.165) is 0 Å². The average Bonchev–Trinajstić information content (AvgIpc) is 2.05. The highest BCUT2D eigenvalue weighted by Crippen LogP contribution is 2.36. The molecule has 2 rings (SSSR count). The van der Waals surface area contributed by atoms with Gasteiger partial charge in [-0.1, -0.05) is 11.7 Å². The summed E-state index contributed by atoms with van der Waals surface area (Å²) in [6, 6.07) is 0. The minimum atomic E-state index is -0.439. The van der Waals surface area contributed by atoms with Crippen LogP contribution in [0, 0.1) is 5.63 Å². The highest BCUT2D eigenvalue weighted by atomic mass is 31.1. The van der Waals surface area contributed by atoms with E-state index >= 15 is 0 Å². The molecule has 0 amide bonds. The Bertz CT molecular complexity index is 344. The molecule has 0 saturated carbocycles. The van der Waals surface area contributed by atoms with Crippen molar-refractivity contribution >= 4 is 13.7 Å². The van der Waals surface area contributed by atoms with Gasteiger partial charge in [0.2, 0.25) is 0 Å². The summed E-state index contributed by atoms with van der Waals surface area (Å²) in [5.41, 5.74) is 3.19. The lowest BCUT2D eigenvalue weighted by Gasteiger charge is -2.03. The van der Waals surface area contributed by atoms with Crippen LogP contribution < -0.4 is 0 Å². The summed E-state index contributed by atoms with van der Waals surface area (Å²) in [6.07, 6.45) is 11.9. The minimum Gasteiger partial charge on any atom is -0.233 e. The Morgan fingerprint density at radius 1 is 1.40 bits per heavy atom. The van der Waals surface area contributed by atoms with Crippen LogP contribution in [0.2, 0.25) is 0 Å². The molecule has 0 saturated heterocycles. The third-order valence-corrected chi connectivity index (χ3v) is 2.88. The lowest BCUT2D eigenvalue weighted by Crippen LogP contribution is -1.77.